The fourth-order valence-corrected chi connectivity index (χ4v) is 4.37. The van der Waals surface area contributed by atoms with Crippen molar-refractivity contribution >= 4 is 17.6 Å². The fourth-order valence-electron chi connectivity index (χ4n) is 4.37. The first-order chi connectivity index (χ1) is 18.3. The van der Waals surface area contributed by atoms with Crippen molar-refractivity contribution in [2.45, 2.75) is 40.3 Å². The molecule has 0 spiro atoms. The lowest BCUT2D eigenvalue weighted by atomic mass is 10.1. The van der Waals surface area contributed by atoms with Gasteiger partial charge in [-0.3, -0.25) is 9.59 Å². The zero-order valence-electron chi connectivity index (χ0n) is 22.3. The summed E-state index contributed by atoms with van der Waals surface area (Å²) >= 11 is 0. The summed E-state index contributed by atoms with van der Waals surface area (Å²) < 4.78 is 7.42. The Morgan fingerprint density at radius 2 is 1.55 bits per heavy atom. The number of rotatable bonds is 10. The standard InChI is InChI=1S/C31H34N4O3/c1-22(2)34(29(37)21-38-20-25-14-7-5-8-15-25)19-28(36)32-31-30(26-16-9-6-10-17-26)24(4)33-35(31)27-18-12-11-13-23(27)3/h5-18,22H,19-21H2,1-4H3,(H,32,36). The van der Waals surface area contributed by atoms with Crippen molar-refractivity contribution < 1.29 is 14.3 Å². The molecule has 38 heavy (non-hydrogen) atoms. The van der Waals surface area contributed by atoms with E-state index >= 15 is 0 Å². The lowest BCUT2D eigenvalue weighted by molar-refractivity contribution is -0.141. The fraction of sp³-hybridized carbons (Fsp3) is 0.258. The van der Waals surface area contributed by atoms with Crippen LogP contribution in [0.1, 0.15) is 30.7 Å². The quantitative estimate of drug-likeness (QED) is 0.304. The minimum Gasteiger partial charge on any atom is -0.367 e. The predicted octanol–water partition coefficient (Wildman–Crippen LogP) is 5.55. The van der Waals surface area contributed by atoms with Gasteiger partial charge in [-0.25, -0.2) is 4.68 Å². The highest BCUT2D eigenvalue weighted by Gasteiger charge is 2.24. The van der Waals surface area contributed by atoms with Crippen LogP contribution in [0.5, 0.6) is 0 Å². The van der Waals surface area contributed by atoms with Gasteiger partial charge in [-0.15, -0.1) is 0 Å². The van der Waals surface area contributed by atoms with Gasteiger partial charge < -0.3 is 15.0 Å². The summed E-state index contributed by atoms with van der Waals surface area (Å²) in [6, 6.07) is 27.3. The van der Waals surface area contributed by atoms with Crippen LogP contribution in [-0.4, -0.2) is 45.7 Å². The van der Waals surface area contributed by atoms with E-state index in [2.05, 4.69) is 5.32 Å². The molecule has 0 bridgehead atoms. The molecule has 1 aromatic heterocycles. The maximum atomic E-state index is 13.4. The molecule has 196 valence electrons. The smallest absolute Gasteiger partial charge is 0.249 e. The van der Waals surface area contributed by atoms with Gasteiger partial charge in [0.2, 0.25) is 11.8 Å². The van der Waals surface area contributed by atoms with Gasteiger partial charge in [-0.2, -0.15) is 5.10 Å². The highest BCUT2D eigenvalue weighted by molar-refractivity contribution is 5.98. The number of aromatic nitrogens is 2. The molecule has 0 unspecified atom stereocenters. The molecule has 0 fully saturated rings. The number of anilines is 1. The summed E-state index contributed by atoms with van der Waals surface area (Å²) in [5.74, 6) is 0.0319. The van der Waals surface area contributed by atoms with E-state index in [0.29, 0.717) is 12.4 Å². The summed E-state index contributed by atoms with van der Waals surface area (Å²) in [5.41, 5.74) is 5.48. The molecule has 4 aromatic rings. The van der Waals surface area contributed by atoms with E-state index < -0.39 is 0 Å². The van der Waals surface area contributed by atoms with Gasteiger partial charge in [0.25, 0.3) is 0 Å². The van der Waals surface area contributed by atoms with Crippen molar-refractivity contribution in [2.24, 2.45) is 0 Å². The number of amides is 2. The largest absolute Gasteiger partial charge is 0.367 e. The third kappa shape index (κ3) is 6.36. The molecule has 0 atom stereocenters. The number of ether oxygens (including phenoxy) is 1. The monoisotopic (exact) mass is 510 g/mol. The second-order valence-corrected chi connectivity index (χ2v) is 9.52. The number of benzene rings is 3. The molecule has 7 heteroatoms. The summed E-state index contributed by atoms with van der Waals surface area (Å²) in [4.78, 5) is 27.9. The normalized spacial score (nSPS) is 11.0. The number of para-hydroxylation sites is 1. The topological polar surface area (TPSA) is 76.5 Å². The SMILES string of the molecule is Cc1ccccc1-n1nc(C)c(-c2ccccc2)c1NC(=O)CN(C(=O)COCc1ccccc1)C(C)C. The summed E-state index contributed by atoms with van der Waals surface area (Å²) in [5, 5.41) is 7.86. The van der Waals surface area contributed by atoms with Crippen molar-refractivity contribution in [2.75, 3.05) is 18.5 Å². The molecule has 0 radical (unpaired) electrons. The first-order valence-electron chi connectivity index (χ1n) is 12.8. The lowest BCUT2D eigenvalue weighted by Gasteiger charge is -2.26. The van der Waals surface area contributed by atoms with E-state index in [-0.39, 0.29) is 31.0 Å². The van der Waals surface area contributed by atoms with Crippen LogP contribution >= 0.6 is 0 Å². The van der Waals surface area contributed by atoms with Crippen molar-refractivity contribution in [1.82, 2.24) is 14.7 Å². The minimum atomic E-state index is -0.304. The number of aryl methyl sites for hydroxylation is 2. The van der Waals surface area contributed by atoms with E-state index in [4.69, 9.17) is 9.84 Å². The third-order valence-electron chi connectivity index (χ3n) is 6.32. The zero-order chi connectivity index (χ0) is 27.1. The molecule has 7 nitrogen and oxygen atoms in total. The molecular formula is C31H34N4O3. The molecular weight excluding hydrogens is 476 g/mol. The number of hydrogen-bond acceptors (Lipinski definition) is 4. The Bertz CT molecular complexity index is 1380. The molecule has 1 N–H and O–H groups in total. The maximum Gasteiger partial charge on any atom is 0.249 e. The van der Waals surface area contributed by atoms with Crippen LogP contribution in [0.25, 0.3) is 16.8 Å². The van der Waals surface area contributed by atoms with E-state index in [9.17, 15) is 9.59 Å². The molecule has 0 aliphatic carbocycles. The molecule has 2 amide bonds. The van der Waals surface area contributed by atoms with Crippen LogP contribution in [0, 0.1) is 13.8 Å². The van der Waals surface area contributed by atoms with Crippen LogP contribution in [0.4, 0.5) is 5.82 Å². The molecule has 1 heterocycles. The Morgan fingerprint density at radius 3 is 2.21 bits per heavy atom. The summed E-state index contributed by atoms with van der Waals surface area (Å²) in [6.45, 7) is 7.85. The number of nitrogens with zero attached hydrogens (tertiary/aromatic N) is 3. The van der Waals surface area contributed by atoms with Crippen LogP contribution in [-0.2, 0) is 20.9 Å². The predicted molar refractivity (Wildman–Crippen MR) is 150 cm³/mol. The van der Waals surface area contributed by atoms with Crippen molar-refractivity contribution in [1.29, 1.82) is 0 Å². The van der Waals surface area contributed by atoms with E-state index in [0.717, 1.165) is 33.6 Å². The number of nitrogens with one attached hydrogen (secondary N) is 1. The average Bonchev–Trinajstić information content (AvgIpc) is 3.23. The zero-order valence-corrected chi connectivity index (χ0v) is 22.3. The van der Waals surface area contributed by atoms with Crippen molar-refractivity contribution in [3.63, 3.8) is 0 Å². The molecule has 0 aliphatic heterocycles. The van der Waals surface area contributed by atoms with Gasteiger partial charge in [0.05, 0.1) is 18.0 Å². The molecule has 3 aromatic carbocycles. The van der Waals surface area contributed by atoms with E-state index in [1.54, 1.807) is 4.68 Å². The van der Waals surface area contributed by atoms with Gasteiger partial charge in [0.1, 0.15) is 19.0 Å². The highest BCUT2D eigenvalue weighted by Crippen LogP contribution is 2.34. The van der Waals surface area contributed by atoms with Crippen molar-refractivity contribution in [3.05, 3.63) is 102 Å². The van der Waals surface area contributed by atoms with Gasteiger partial charge >= 0.3 is 0 Å². The van der Waals surface area contributed by atoms with E-state index in [1.165, 1.54) is 4.90 Å². The van der Waals surface area contributed by atoms with Crippen LogP contribution in [0.15, 0.2) is 84.9 Å². The Kier molecular flexibility index (Phi) is 8.71. The second-order valence-electron chi connectivity index (χ2n) is 9.52. The third-order valence-corrected chi connectivity index (χ3v) is 6.32. The van der Waals surface area contributed by atoms with Crippen molar-refractivity contribution in [3.8, 4) is 16.8 Å². The van der Waals surface area contributed by atoms with Gasteiger partial charge in [-0.1, -0.05) is 78.9 Å². The average molecular weight is 511 g/mol. The Hall–Kier alpha value is -4.23. The minimum absolute atomic E-state index is 0.0998. The molecule has 0 aliphatic rings. The molecule has 0 saturated carbocycles. The van der Waals surface area contributed by atoms with Crippen LogP contribution < -0.4 is 5.32 Å². The second kappa shape index (κ2) is 12.3. The van der Waals surface area contributed by atoms with Gasteiger partial charge in [0.15, 0.2) is 0 Å². The Balaban J connectivity index is 1.56. The van der Waals surface area contributed by atoms with Gasteiger partial charge in [0, 0.05) is 11.6 Å². The molecule has 0 saturated heterocycles. The van der Waals surface area contributed by atoms with Crippen LogP contribution in [0.3, 0.4) is 0 Å². The summed E-state index contributed by atoms with van der Waals surface area (Å²) in [6.07, 6.45) is 0. The molecule has 4 rings (SSSR count). The van der Waals surface area contributed by atoms with Gasteiger partial charge in [-0.05, 0) is 50.5 Å². The number of carbonyl (C=O) groups excluding carboxylic acids is 2. The maximum absolute atomic E-state index is 13.4. The Morgan fingerprint density at radius 1 is 0.921 bits per heavy atom. The van der Waals surface area contributed by atoms with Crippen LogP contribution in [0.2, 0.25) is 0 Å². The highest BCUT2D eigenvalue weighted by atomic mass is 16.5. The summed E-state index contributed by atoms with van der Waals surface area (Å²) in [7, 11) is 0. The number of hydrogen-bond donors (Lipinski definition) is 1. The first kappa shape index (κ1) is 26.8. The number of carbonyl (C=O) groups is 2. The first-order valence-corrected chi connectivity index (χ1v) is 12.8. The lowest BCUT2D eigenvalue weighted by Crippen LogP contribution is -2.44. The Labute approximate surface area is 224 Å². The van der Waals surface area contributed by atoms with E-state index in [1.807, 2.05) is 113 Å².